The standard InChI is InChI=1S/C25H42O.C13H25NO.C10H15N/c1-5-6-7-8-9-10-11-12-13-14-15-16-24(26)21-22-17-19-23(20-18-22)25(2,3)4;1-2-3-4-5-6-7-8-9-10-11-12-14-13-15;1-10(2,3)8-4-6-9(11)7-5-8/h17-20H,5-16,21H2,1-4H3;2-12H2,1H3;4-7H,11H2,1-3H3. The van der Waals surface area contributed by atoms with Crippen molar-refractivity contribution in [1.29, 1.82) is 0 Å². The van der Waals surface area contributed by atoms with Crippen LogP contribution in [-0.4, -0.2) is 18.4 Å². The molecule has 2 aromatic rings. The molecule has 0 aliphatic heterocycles. The predicted molar refractivity (Wildman–Crippen MR) is 229 cm³/mol. The van der Waals surface area contributed by atoms with Gasteiger partial charge in [-0.25, -0.2) is 9.79 Å². The van der Waals surface area contributed by atoms with Crippen LogP contribution in [0.1, 0.15) is 213 Å². The molecule has 296 valence electrons. The van der Waals surface area contributed by atoms with Gasteiger partial charge in [-0.1, -0.05) is 214 Å². The molecular formula is C48H82N2O2. The first-order valence-electron chi connectivity index (χ1n) is 21.4. The van der Waals surface area contributed by atoms with Crippen LogP contribution in [0, 0.1) is 0 Å². The minimum Gasteiger partial charge on any atom is -0.399 e. The SMILES string of the molecule is CC(C)(C)c1ccc(N)cc1.CCCCCCCCCCCCCC(=O)Cc1ccc(C(C)(C)C)cc1.CCCCCCCCCCCCN=C=O. The third kappa shape index (κ3) is 29.8. The van der Waals surface area contributed by atoms with Gasteiger partial charge in [0.25, 0.3) is 0 Å². The molecular weight excluding hydrogens is 637 g/mol. The summed E-state index contributed by atoms with van der Waals surface area (Å²) >= 11 is 0. The van der Waals surface area contributed by atoms with Crippen molar-refractivity contribution in [2.45, 2.75) is 214 Å². The molecule has 0 bridgehead atoms. The summed E-state index contributed by atoms with van der Waals surface area (Å²) < 4.78 is 0. The zero-order valence-electron chi connectivity index (χ0n) is 35.4. The smallest absolute Gasteiger partial charge is 0.234 e. The summed E-state index contributed by atoms with van der Waals surface area (Å²) in [4.78, 5) is 25.5. The van der Waals surface area contributed by atoms with E-state index in [1.807, 2.05) is 12.1 Å². The molecule has 4 heteroatoms. The van der Waals surface area contributed by atoms with Crippen LogP contribution in [0.5, 0.6) is 0 Å². The van der Waals surface area contributed by atoms with Gasteiger partial charge in [0.05, 0.1) is 6.54 Å². The highest BCUT2D eigenvalue weighted by Crippen LogP contribution is 2.23. The quantitative estimate of drug-likeness (QED) is 0.0481. The Bertz CT molecular complexity index is 1150. The zero-order chi connectivity index (χ0) is 38.9. The van der Waals surface area contributed by atoms with E-state index >= 15 is 0 Å². The fourth-order valence-corrected chi connectivity index (χ4v) is 6.13. The second kappa shape index (κ2) is 31.8. The number of unbranched alkanes of at least 4 members (excludes halogenated alkanes) is 19. The number of isocyanates is 1. The number of aliphatic imine (C=N–C) groups is 1. The summed E-state index contributed by atoms with van der Waals surface area (Å²) in [6, 6.07) is 16.6. The Morgan fingerprint density at radius 3 is 1.25 bits per heavy atom. The Labute approximate surface area is 322 Å². The van der Waals surface area contributed by atoms with Crippen molar-refractivity contribution in [3.8, 4) is 0 Å². The second-order valence-electron chi connectivity index (χ2n) is 17.0. The summed E-state index contributed by atoms with van der Waals surface area (Å²) in [7, 11) is 0. The molecule has 2 N–H and O–H groups in total. The van der Waals surface area contributed by atoms with Crippen molar-refractivity contribution >= 4 is 17.6 Å². The van der Waals surface area contributed by atoms with Crippen LogP contribution in [-0.2, 0) is 26.8 Å². The van der Waals surface area contributed by atoms with Gasteiger partial charge < -0.3 is 5.73 Å². The topological polar surface area (TPSA) is 72.5 Å². The van der Waals surface area contributed by atoms with Crippen molar-refractivity contribution in [3.63, 3.8) is 0 Å². The highest BCUT2D eigenvalue weighted by Gasteiger charge is 2.14. The minimum absolute atomic E-state index is 0.179. The maximum Gasteiger partial charge on any atom is 0.234 e. The van der Waals surface area contributed by atoms with Crippen LogP contribution in [0.15, 0.2) is 53.5 Å². The van der Waals surface area contributed by atoms with Crippen molar-refractivity contribution in [1.82, 2.24) is 0 Å². The third-order valence-corrected chi connectivity index (χ3v) is 9.75. The van der Waals surface area contributed by atoms with E-state index < -0.39 is 0 Å². The lowest BCUT2D eigenvalue weighted by Crippen LogP contribution is -2.11. The molecule has 0 atom stereocenters. The molecule has 0 amide bonds. The number of nitrogens with two attached hydrogens (primary N) is 1. The lowest BCUT2D eigenvalue weighted by Gasteiger charge is -2.19. The lowest BCUT2D eigenvalue weighted by atomic mass is 9.86. The Morgan fingerprint density at radius 1 is 0.538 bits per heavy atom. The Kier molecular flexibility index (Phi) is 30.1. The number of rotatable bonds is 25. The van der Waals surface area contributed by atoms with E-state index in [4.69, 9.17) is 5.73 Å². The molecule has 0 aromatic heterocycles. The molecule has 52 heavy (non-hydrogen) atoms. The molecule has 0 aliphatic carbocycles. The number of hydrogen-bond donors (Lipinski definition) is 1. The highest BCUT2D eigenvalue weighted by molar-refractivity contribution is 5.80. The minimum atomic E-state index is 0.179. The molecule has 0 saturated heterocycles. The number of hydrogen-bond acceptors (Lipinski definition) is 4. The van der Waals surface area contributed by atoms with Crippen LogP contribution in [0.25, 0.3) is 0 Å². The number of benzene rings is 2. The monoisotopic (exact) mass is 719 g/mol. The van der Waals surface area contributed by atoms with E-state index in [-0.39, 0.29) is 10.8 Å². The van der Waals surface area contributed by atoms with E-state index in [2.05, 4.69) is 96.8 Å². The molecule has 0 saturated carbocycles. The van der Waals surface area contributed by atoms with Crippen LogP contribution in [0.2, 0.25) is 0 Å². The van der Waals surface area contributed by atoms with E-state index in [9.17, 15) is 9.59 Å². The van der Waals surface area contributed by atoms with Gasteiger partial charge in [0.2, 0.25) is 6.08 Å². The van der Waals surface area contributed by atoms with E-state index in [0.29, 0.717) is 18.7 Å². The van der Waals surface area contributed by atoms with Crippen molar-refractivity contribution in [2.75, 3.05) is 12.3 Å². The first-order chi connectivity index (χ1) is 24.8. The zero-order valence-corrected chi connectivity index (χ0v) is 35.4. The fourth-order valence-electron chi connectivity index (χ4n) is 6.13. The van der Waals surface area contributed by atoms with E-state index in [1.165, 1.54) is 133 Å². The van der Waals surface area contributed by atoms with Crippen LogP contribution in [0.3, 0.4) is 0 Å². The van der Waals surface area contributed by atoms with Crippen LogP contribution >= 0.6 is 0 Å². The summed E-state index contributed by atoms with van der Waals surface area (Å²) in [5, 5.41) is 0. The summed E-state index contributed by atoms with van der Waals surface area (Å²) in [5.74, 6) is 0.393. The molecule has 0 aliphatic rings. The molecule has 4 nitrogen and oxygen atoms in total. The second-order valence-corrected chi connectivity index (χ2v) is 17.0. The Balaban J connectivity index is 0.000000840. The molecule has 2 rings (SSSR count). The Morgan fingerprint density at radius 2 is 0.885 bits per heavy atom. The normalized spacial score (nSPS) is 11.2. The lowest BCUT2D eigenvalue weighted by molar-refractivity contribution is -0.118. The van der Waals surface area contributed by atoms with Gasteiger partial charge in [0.1, 0.15) is 5.78 Å². The van der Waals surface area contributed by atoms with E-state index in [1.54, 1.807) is 6.08 Å². The molecule has 0 fully saturated rings. The summed E-state index contributed by atoms with van der Waals surface area (Å²) in [6.45, 7) is 18.4. The molecule has 0 spiro atoms. The van der Waals surface area contributed by atoms with Gasteiger partial charge in [-0.3, -0.25) is 4.79 Å². The molecule has 0 heterocycles. The van der Waals surface area contributed by atoms with Gasteiger partial charge in [0, 0.05) is 18.5 Å². The van der Waals surface area contributed by atoms with Gasteiger partial charge >= 0.3 is 0 Å². The molecule has 0 unspecified atom stereocenters. The third-order valence-electron chi connectivity index (χ3n) is 9.75. The van der Waals surface area contributed by atoms with Crippen molar-refractivity contribution < 1.29 is 9.59 Å². The average Bonchev–Trinajstić information content (AvgIpc) is 3.10. The number of nitrogen functional groups attached to an aromatic ring is 1. The highest BCUT2D eigenvalue weighted by atomic mass is 16.1. The van der Waals surface area contributed by atoms with Gasteiger partial charge in [-0.05, 0) is 52.5 Å². The maximum atomic E-state index is 12.2. The number of carbonyl (C=O) groups is 1. The fraction of sp³-hybridized carbons (Fsp3) is 0.708. The average molecular weight is 719 g/mol. The number of anilines is 1. The first kappa shape index (κ1) is 49.3. The van der Waals surface area contributed by atoms with Crippen LogP contribution in [0.4, 0.5) is 5.69 Å². The van der Waals surface area contributed by atoms with Gasteiger partial charge in [0.15, 0.2) is 0 Å². The Hall–Kier alpha value is -2.71. The number of nitrogens with zero attached hydrogens (tertiary/aromatic N) is 1. The van der Waals surface area contributed by atoms with Gasteiger partial charge in [-0.2, -0.15) is 0 Å². The van der Waals surface area contributed by atoms with Crippen molar-refractivity contribution in [2.24, 2.45) is 4.99 Å². The first-order valence-corrected chi connectivity index (χ1v) is 21.4. The maximum absolute atomic E-state index is 12.2. The van der Waals surface area contributed by atoms with Gasteiger partial charge in [-0.15, -0.1) is 0 Å². The number of ketones is 1. The molecule has 0 radical (unpaired) electrons. The number of carbonyl (C=O) groups excluding carboxylic acids is 2. The molecule has 2 aromatic carbocycles. The summed E-state index contributed by atoms with van der Waals surface area (Å²) in [5.41, 5.74) is 10.6. The predicted octanol–water partition coefficient (Wildman–Crippen LogP) is 14.6. The largest absolute Gasteiger partial charge is 0.399 e. The van der Waals surface area contributed by atoms with E-state index in [0.717, 1.165) is 30.5 Å². The van der Waals surface area contributed by atoms with Crippen LogP contribution < -0.4 is 5.73 Å². The number of Topliss-reactive ketones (excluding diaryl/α,β-unsaturated/α-hetero) is 1. The van der Waals surface area contributed by atoms with Crippen molar-refractivity contribution in [3.05, 3.63) is 65.2 Å². The summed E-state index contributed by atoms with van der Waals surface area (Å²) in [6.07, 6.45) is 30.8.